The van der Waals surface area contributed by atoms with E-state index in [1.807, 2.05) is 30.0 Å². The molecule has 1 aromatic rings. The molecule has 1 heterocycles. The van der Waals surface area contributed by atoms with Crippen LogP contribution < -0.4 is 11.3 Å². The second kappa shape index (κ2) is 6.24. The van der Waals surface area contributed by atoms with E-state index in [1.54, 1.807) is 0 Å². The number of rotatable bonds is 3. The number of anilines is 1. The van der Waals surface area contributed by atoms with Gasteiger partial charge in [-0.15, -0.1) is 0 Å². The van der Waals surface area contributed by atoms with Crippen LogP contribution in [0.4, 0.5) is 5.69 Å². The highest BCUT2D eigenvalue weighted by molar-refractivity contribution is 5.95. The number of benzene rings is 1. The van der Waals surface area contributed by atoms with E-state index >= 15 is 0 Å². The number of amides is 1. The van der Waals surface area contributed by atoms with Crippen molar-refractivity contribution in [3.8, 4) is 0 Å². The van der Waals surface area contributed by atoms with E-state index in [9.17, 15) is 4.79 Å². The van der Waals surface area contributed by atoms with Crippen LogP contribution in [-0.4, -0.2) is 48.4 Å². The Hall–Kier alpha value is -1.59. The third kappa shape index (κ3) is 2.94. The van der Waals surface area contributed by atoms with Crippen LogP contribution in [0.15, 0.2) is 18.2 Å². The summed E-state index contributed by atoms with van der Waals surface area (Å²) >= 11 is 0. The Morgan fingerprint density at radius 3 is 2.80 bits per heavy atom. The van der Waals surface area contributed by atoms with Crippen molar-refractivity contribution in [3.63, 3.8) is 0 Å². The SMILES string of the molecule is CCC1CN(C(=O)c2ccc(NN)c(C)c2)CCN1C. The van der Waals surface area contributed by atoms with E-state index in [0.29, 0.717) is 6.04 Å². The molecule has 0 bridgehead atoms. The maximum atomic E-state index is 12.6. The number of hydrogen-bond donors (Lipinski definition) is 2. The number of aryl methyl sites for hydroxylation is 1. The van der Waals surface area contributed by atoms with Gasteiger partial charge in [0.1, 0.15) is 0 Å². The fraction of sp³-hybridized carbons (Fsp3) is 0.533. The second-order valence-corrected chi connectivity index (χ2v) is 5.47. The first-order chi connectivity index (χ1) is 9.56. The number of carbonyl (C=O) groups is 1. The van der Waals surface area contributed by atoms with Crippen LogP contribution in [0.2, 0.25) is 0 Å². The molecule has 1 aliphatic heterocycles. The maximum Gasteiger partial charge on any atom is 0.253 e. The van der Waals surface area contributed by atoms with Crippen LogP contribution >= 0.6 is 0 Å². The van der Waals surface area contributed by atoms with E-state index in [2.05, 4.69) is 24.3 Å². The molecule has 1 fully saturated rings. The molecule has 0 radical (unpaired) electrons. The fourth-order valence-electron chi connectivity index (χ4n) is 2.71. The predicted molar refractivity (Wildman–Crippen MR) is 81.6 cm³/mol. The number of hydrogen-bond acceptors (Lipinski definition) is 4. The van der Waals surface area contributed by atoms with Gasteiger partial charge in [-0.05, 0) is 44.2 Å². The van der Waals surface area contributed by atoms with Gasteiger partial charge in [0.25, 0.3) is 5.91 Å². The highest BCUT2D eigenvalue weighted by Crippen LogP contribution is 2.18. The van der Waals surface area contributed by atoms with Gasteiger partial charge in [0.15, 0.2) is 0 Å². The Bertz CT molecular complexity index is 489. The molecule has 110 valence electrons. The zero-order valence-electron chi connectivity index (χ0n) is 12.5. The first kappa shape index (κ1) is 14.8. The van der Waals surface area contributed by atoms with Gasteiger partial charge in [-0.25, -0.2) is 0 Å². The molecule has 2 rings (SSSR count). The van der Waals surface area contributed by atoms with Gasteiger partial charge in [-0.1, -0.05) is 6.92 Å². The number of nitrogens with zero attached hydrogens (tertiary/aromatic N) is 2. The minimum atomic E-state index is 0.114. The molecular formula is C15H24N4O. The smallest absolute Gasteiger partial charge is 0.253 e. The third-order valence-electron chi connectivity index (χ3n) is 4.16. The first-order valence-electron chi connectivity index (χ1n) is 7.13. The summed E-state index contributed by atoms with van der Waals surface area (Å²) in [5, 5.41) is 0. The van der Waals surface area contributed by atoms with Crippen LogP contribution in [0.25, 0.3) is 0 Å². The van der Waals surface area contributed by atoms with Crippen LogP contribution in [0.5, 0.6) is 0 Å². The zero-order valence-corrected chi connectivity index (χ0v) is 12.5. The minimum Gasteiger partial charge on any atom is -0.336 e. The van der Waals surface area contributed by atoms with E-state index in [1.165, 1.54) is 0 Å². The van der Waals surface area contributed by atoms with Crippen LogP contribution in [0, 0.1) is 6.92 Å². The van der Waals surface area contributed by atoms with Crippen molar-refractivity contribution >= 4 is 11.6 Å². The number of nitrogens with one attached hydrogen (secondary N) is 1. The molecule has 5 nitrogen and oxygen atoms in total. The van der Waals surface area contributed by atoms with E-state index in [0.717, 1.165) is 42.9 Å². The highest BCUT2D eigenvalue weighted by Gasteiger charge is 2.26. The van der Waals surface area contributed by atoms with Crippen molar-refractivity contribution in [2.45, 2.75) is 26.3 Å². The number of nitrogen functional groups attached to an aromatic ring is 1. The van der Waals surface area contributed by atoms with Crippen molar-refractivity contribution in [3.05, 3.63) is 29.3 Å². The topological polar surface area (TPSA) is 61.6 Å². The summed E-state index contributed by atoms with van der Waals surface area (Å²) in [6.07, 6.45) is 1.06. The Labute approximate surface area is 120 Å². The van der Waals surface area contributed by atoms with Gasteiger partial charge in [0, 0.05) is 31.2 Å². The lowest BCUT2D eigenvalue weighted by Crippen LogP contribution is -2.52. The first-order valence-corrected chi connectivity index (χ1v) is 7.13. The molecule has 1 aromatic carbocycles. The number of carbonyl (C=O) groups excluding carboxylic acids is 1. The third-order valence-corrected chi connectivity index (χ3v) is 4.16. The quantitative estimate of drug-likeness (QED) is 0.648. The van der Waals surface area contributed by atoms with E-state index in [-0.39, 0.29) is 5.91 Å². The molecule has 0 saturated carbocycles. The molecule has 1 amide bonds. The number of likely N-dealkylation sites (N-methyl/N-ethyl adjacent to an activating group) is 1. The lowest BCUT2D eigenvalue weighted by atomic mass is 10.1. The predicted octanol–water partition coefficient (Wildman–Crippen LogP) is 1.45. The Kier molecular flexibility index (Phi) is 4.62. The van der Waals surface area contributed by atoms with Gasteiger partial charge in [0.05, 0.1) is 5.69 Å². The highest BCUT2D eigenvalue weighted by atomic mass is 16.2. The summed E-state index contributed by atoms with van der Waals surface area (Å²) in [5.41, 5.74) is 5.21. The maximum absolute atomic E-state index is 12.6. The van der Waals surface area contributed by atoms with Gasteiger partial charge >= 0.3 is 0 Å². The molecule has 0 aromatic heterocycles. The summed E-state index contributed by atoms with van der Waals surface area (Å²) in [7, 11) is 2.13. The second-order valence-electron chi connectivity index (χ2n) is 5.47. The Morgan fingerprint density at radius 2 is 2.20 bits per heavy atom. The molecule has 1 atom stereocenters. The largest absolute Gasteiger partial charge is 0.336 e. The molecule has 3 N–H and O–H groups in total. The normalized spacial score (nSPS) is 20.0. The number of hydrazine groups is 1. The monoisotopic (exact) mass is 276 g/mol. The summed E-state index contributed by atoms with van der Waals surface area (Å²) in [5.74, 6) is 5.53. The molecular weight excluding hydrogens is 252 g/mol. The minimum absolute atomic E-state index is 0.114. The molecule has 1 unspecified atom stereocenters. The summed E-state index contributed by atoms with van der Waals surface area (Å²) in [6.45, 7) is 6.65. The average molecular weight is 276 g/mol. The van der Waals surface area contributed by atoms with Crippen molar-refractivity contribution < 1.29 is 4.79 Å². The standard InChI is InChI=1S/C15H24N4O/c1-4-13-10-19(8-7-18(13)3)15(20)12-5-6-14(17-16)11(2)9-12/h5-6,9,13,17H,4,7-8,10,16H2,1-3H3. The van der Waals surface area contributed by atoms with Crippen molar-refractivity contribution in [2.75, 3.05) is 32.1 Å². The van der Waals surface area contributed by atoms with E-state index in [4.69, 9.17) is 5.84 Å². The molecule has 1 saturated heterocycles. The van der Waals surface area contributed by atoms with Crippen molar-refractivity contribution in [1.82, 2.24) is 9.80 Å². The molecule has 0 spiro atoms. The molecule has 0 aliphatic carbocycles. The van der Waals surface area contributed by atoms with Crippen LogP contribution in [-0.2, 0) is 0 Å². The average Bonchev–Trinajstić information content (AvgIpc) is 2.47. The zero-order chi connectivity index (χ0) is 14.7. The van der Waals surface area contributed by atoms with Gasteiger partial charge < -0.3 is 10.3 Å². The Morgan fingerprint density at radius 1 is 1.45 bits per heavy atom. The summed E-state index contributed by atoms with van der Waals surface area (Å²) in [6, 6.07) is 6.05. The number of piperazine rings is 1. The molecule has 1 aliphatic rings. The Balaban J connectivity index is 2.13. The van der Waals surface area contributed by atoms with Gasteiger partial charge in [-0.2, -0.15) is 0 Å². The molecule has 5 heteroatoms. The van der Waals surface area contributed by atoms with Crippen molar-refractivity contribution in [1.29, 1.82) is 0 Å². The molecule has 20 heavy (non-hydrogen) atoms. The lowest BCUT2D eigenvalue weighted by molar-refractivity contribution is 0.0542. The van der Waals surface area contributed by atoms with Crippen LogP contribution in [0.3, 0.4) is 0 Å². The van der Waals surface area contributed by atoms with Crippen molar-refractivity contribution in [2.24, 2.45) is 5.84 Å². The summed E-state index contributed by atoms with van der Waals surface area (Å²) in [4.78, 5) is 16.9. The fourth-order valence-corrected chi connectivity index (χ4v) is 2.71. The lowest BCUT2D eigenvalue weighted by Gasteiger charge is -2.39. The number of nitrogens with two attached hydrogens (primary N) is 1. The van der Waals surface area contributed by atoms with Crippen LogP contribution in [0.1, 0.15) is 29.3 Å². The van der Waals surface area contributed by atoms with Gasteiger partial charge in [-0.3, -0.25) is 15.5 Å². The van der Waals surface area contributed by atoms with Gasteiger partial charge in [0.2, 0.25) is 0 Å². The summed E-state index contributed by atoms with van der Waals surface area (Å²) < 4.78 is 0. The van der Waals surface area contributed by atoms with E-state index < -0.39 is 0 Å².